The number of hydrogen-bond donors (Lipinski definition) is 1. The number of aromatic nitrogens is 2. The summed E-state index contributed by atoms with van der Waals surface area (Å²) in [4.78, 5) is 0.136. The summed E-state index contributed by atoms with van der Waals surface area (Å²) in [6.45, 7) is 0.277. The number of sulfonamides is 1. The molecular weight excluding hydrogens is 338 g/mol. The van der Waals surface area contributed by atoms with Gasteiger partial charge in [0, 0.05) is 6.54 Å². The molecule has 7 heteroatoms. The number of methoxy groups -OCH3 is 1. The molecule has 0 saturated heterocycles. The first-order valence-corrected chi connectivity index (χ1v) is 9.30. The summed E-state index contributed by atoms with van der Waals surface area (Å²) in [6.07, 6.45) is 3.38. The van der Waals surface area contributed by atoms with Gasteiger partial charge in [0.05, 0.1) is 25.2 Å². The third-order valence-electron chi connectivity index (χ3n) is 3.77. The molecule has 0 saturated carbocycles. The molecule has 0 spiro atoms. The van der Waals surface area contributed by atoms with Crippen LogP contribution in [0.5, 0.6) is 5.75 Å². The number of hydrogen-bond acceptors (Lipinski definition) is 4. The van der Waals surface area contributed by atoms with Crippen LogP contribution >= 0.6 is 0 Å². The van der Waals surface area contributed by atoms with Gasteiger partial charge in [0.15, 0.2) is 0 Å². The Morgan fingerprint density at radius 3 is 2.56 bits per heavy atom. The number of rotatable bonds is 7. The van der Waals surface area contributed by atoms with Crippen molar-refractivity contribution in [2.45, 2.75) is 11.3 Å². The largest absolute Gasteiger partial charge is 0.496 e. The van der Waals surface area contributed by atoms with Gasteiger partial charge in [-0.1, -0.05) is 36.4 Å². The van der Waals surface area contributed by atoms with Crippen LogP contribution in [-0.2, 0) is 16.4 Å². The minimum Gasteiger partial charge on any atom is -0.496 e. The molecule has 2 aromatic carbocycles. The molecule has 0 aliphatic heterocycles. The van der Waals surface area contributed by atoms with Gasteiger partial charge in [-0.2, -0.15) is 5.10 Å². The molecule has 0 fully saturated rings. The molecule has 0 unspecified atom stereocenters. The summed E-state index contributed by atoms with van der Waals surface area (Å²) in [7, 11) is -2.01. The van der Waals surface area contributed by atoms with E-state index in [0.29, 0.717) is 6.42 Å². The minimum absolute atomic E-state index is 0.136. The summed E-state index contributed by atoms with van der Waals surface area (Å²) >= 11 is 0. The highest BCUT2D eigenvalue weighted by Crippen LogP contribution is 2.18. The molecule has 0 atom stereocenters. The Hall–Kier alpha value is -2.64. The summed E-state index contributed by atoms with van der Waals surface area (Å²) in [5.41, 5.74) is 1.76. The van der Waals surface area contributed by atoms with E-state index in [1.54, 1.807) is 7.11 Å². The molecule has 0 aliphatic rings. The van der Waals surface area contributed by atoms with E-state index >= 15 is 0 Å². The van der Waals surface area contributed by atoms with E-state index in [0.717, 1.165) is 17.0 Å². The lowest BCUT2D eigenvalue weighted by atomic mass is 10.1. The van der Waals surface area contributed by atoms with Crippen LogP contribution in [0.25, 0.3) is 5.69 Å². The fourth-order valence-corrected chi connectivity index (χ4v) is 3.44. The monoisotopic (exact) mass is 357 g/mol. The highest BCUT2D eigenvalue weighted by molar-refractivity contribution is 7.89. The van der Waals surface area contributed by atoms with Gasteiger partial charge in [0.2, 0.25) is 10.0 Å². The zero-order valence-electron chi connectivity index (χ0n) is 13.8. The van der Waals surface area contributed by atoms with Crippen LogP contribution in [0.1, 0.15) is 5.56 Å². The van der Waals surface area contributed by atoms with Gasteiger partial charge < -0.3 is 4.74 Å². The Morgan fingerprint density at radius 2 is 1.80 bits per heavy atom. The van der Waals surface area contributed by atoms with Crippen LogP contribution in [-0.4, -0.2) is 31.9 Å². The summed E-state index contributed by atoms with van der Waals surface area (Å²) in [5, 5.41) is 4.12. The van der Waals surface area contributed by atoms with Gasteiger partial charge in [-0.25, -0.2) is 17.8 Å². The van der Waals surface area contributed by atoms with Crippen LogP contribution < -0.4 is 9.46 Å². The van der Waals surface area contributed by atoms with Crippen molar-refractivity contribution in [3.63, 3.8) is 0 Å². The summed E-state index contributed by atoms with van der Waals surface area (Å²) < 4.78 is 34.3. The molecule has 3 rings (SSSR count). The van der Waals surface area contributed by atoms with Crippen LogP contribution in [0, 0.1) is 0 Å². The van der Waals surface area contributed by atoms with Crippen LogP contribution in [0.2, 0.25) is 0 Å². The number of para-hydroxylation sites is 2. The Labute approximate surface area is 147 Å². The molecule has 0 aliphatic carbocycles. The number of ether oxygens (including phenoxy) is 1. The van der Waals surface area contributed by atoms with Gasteiger partial charge in [0.25, 0.3) is 0 Å². The Balaban J connectivity index is 1.67. The van der Waals surface area contributed by atoms with E-state index in [-0.39, 0.29) is 11.4 Å². The zero-order chi connectivity index (χ0) is 17.7. The second-order valence-corrected chi connectivity index (χ2v) is 7.18. The van der Waals surface area contributed by atoms with Crippen LogP contribution in [0.15, 0.2) is 71.9 Å². The van der Waals surface area contributed by atoms with Crippen molar-refractivity contribution in [3.05, 3.63) is 72.6 Å². The quantitative estimate of drug-likeness (QED) is 0.705. The van der Waals surface area contributed by atoms with Crippen molar-refractivity contribution in [2.24, 2.45) is 0 Å². The highest BCUT2D eigenvalue weighted by atomic mass is 32.2. The van der Waals surface area contributed by atoms with Gasteiger partial charge in [0.1, 0.15) is 10.6 Å². The SMILES string of the molecule is COc1ccccc1CCNS(=O)(=O)c1cnn(-c2ccccc2)c1. The van der Waals surface area contributed by atoms with Crippen molar-refractivity contribution in [1.82, 2.24) is 14.5 Å². The summed E-state index contributed by atoms with van der Waals surface area (Å²) in [6, 6.07) is 16.9. The van der Waals surface area contributed by atoms with E-state index in [1.807, 2.05) is 54.6 Å². The van der Waals surface area contributed by atoms with E-state index < -0.39 is 10.0 Å². The molecule has 0 radical (unpaired) electrons. The maximum absolute atomic E-state index is 12.4. The van der Waals surface area contributed by atoms with E-state index in [4.69, 9.17) is 4.74 Å². The van der Waals surface area contributed by atoms with Crippen LogP contribution in [0.3, 0.4) is 0 Å². The first kappa shape index (κ1) is 17.2. The average Bonchev–Trinajstić information content (AvgIpc) is 3.14. The van der Waals surface area contributed by atoms with Gasteiger partial charge in [-0.15, -0.1) is 0 Å². The fraction of sp³-hybridized carbons (Fsp3) is 0.167. The fourth-order valence-electron chi connectivity index (χ4n) is 2.48. The second-order valence-electron chi connectivity index (χ2n) is 5.42. The number of benzene rings is 2. The highest BCUT2D eigenvalue weighted by Gasteiger charge is 2.16. The molecule has 0 amide bonds. The molecule has 25 heavy (non-hydrogen) atoms. The van der Waals surface area contributed by atoms with Gasteiger partial charge in [-0.05, 0) is 30.2 Å². The first-order chi connectivity index (χ1) is 12.1. The molecule has 1 N–H and O–H groups in total. The number of nitrogens with one attached hydrogen (secondary N) is 1. The molecule has 0 bridgehead atoms. The Kier molecular flexibility index (Phi) is 5.16. The van der Waals surface area contributed by atoms with Crippen molar-refractivity contribution in [3.8, 4) is 11.4 Å². The van der Waals surface area contributed by atoms with Gasteiger partial charge >= 0.3 is 0 Å². The predicted octanol–water partition coefficient (Wildman–Crippen LogP) is 2.40. The van der Waals surface area contributed by atoms with Crippen LogP contribution in [0.4, 0.5) is 0 Å². The lowest BCUT2D eigenvalue weighted by molar-refractivity contribution is 0.409. The molecular formula is C18H19N3O3S. The maximum atomic E-state index is 12.4. The topological polar surface area (TPSA) is 73.2 Å². The standard InChI is InChI=1S/C18H19N3O3S/c1-24-18-10-6-5-7-15(18)11-12-20-25(22,23)17-13-19-21(14-17)16-8-3-2-4-9-16/h2-10,13-14,20H,11-12H2,1H3. The average molecular weight is 357 g/mol. The number of nitrogens with zero attached hydrogens (tertiary/aromatic N) is 2. The zero-order valence-corrected chi connectivity index (χ0v) is 14.6. The lowest BCUT2D eigenvalue weighted by Crippen LogP contribution is -2.25. The first-order valence-electron chi connectivity index (χ1n) is 7.82. The molecule has 130 valence electrons. The van der Waals surface area contributed by atoms with Crippen molar-refractivity contribution in [2.75, 3.05) is 13.7 Å². The van der Waals surface area contributed by atoms with Crippen molar-refractivity contribution < 1.29 is 13.2 Å². The second kappa shape index (κ2) is 7.50. The normalized spacial score (nSPS) is 11.4. The van der Waals surface area contributed by atoms with Crippen molar-refractivity contribution in [1.29, 1.82) is 0 Å². The van der Waals surface area contributed by atoms with Gasteiger partial charge in [-0.3, -0.25) is 0 Å². The van der Waals surface area contributed by atoms with E-state index in [1.165, 1.54) is 17.1 Å². The van der Waals surface area contributed by atoms with E-state index in [2.05, 4.69) is 9.82 Å². The molecule has 6 nitrogen and oxygen atoms in total. The van der Waals surface area contributed by atoms with E-state index in [9.17, 15) is 8.42 Å². The third kappa shape index (κ3) is 4.07. The minimum atomic E-state index is -3.61. The summed E-state index contributed by atoms with van der Waals surface area (Å²) in [5.74, 6) is 0.749. The molecule has 1 aromatic heterocycles. The third-order valence-corrected chi connectivity index (χ3v) is 5.18. The van der Waals surface area contributed by atoms with Crippen molar-refractivity contribution >= 4 is 10.0 Å². The maximum Gasteiger partial charge on any atom is 0.243 e. The smallest absolute Gasteiger partial charge is 0.243 e. The Bertz CT molecular complexity index is 937. The lowest BCUT2D eigenvalue weighted by Gasteiger charge is -2.08. The predicted molar refractivity (Wildman–Crippen MR) is 95.5 cm³/mol. The Morgan fingerprint density at radius 1 is 1.08 bits per heavy atom. The molecule has 3 aromatic rings. The molecule has 1 heterocycles.